The molecule has 0 saturated heterocycles. The molecule has 0 aliphatic rings. The van der Waals surface area contributed by atoms with Gasteiger partial charge in [-0.15, -0.1) is 0 Å². The first-order chi connectivity index (χ1) is 15.4. The van der Waals surface area contributed by atoms with Crippen LogP contribution >= 0.6 is 0 Å². The summed E-state index contributed by atoms with van der Waals surface area (Å²) in [5.74, 6) is 0.814. The second-order valence-corrected chi connectivity index (χ2v) is 6.86. The third-order valence-corrected chi connectivity index (χ3v) is 4.48. The number of carbonyl (C=O) groups is 1. The molecule has 2 heterocycles. The number of anilines is 3. The lowest BCUT2D eigenvalue weighted by Gasteiger charge is -2.10. The molecular weight excluding hydrogens is 421 g/mol. The fourth-order valence-electron chi connectivity index (χ4n) is 2.98. The van der Waals surface area contributed by atoms with Crippen LogP contribution in [0.5, 0.6) is 0 Å². The van der Waals surface area contributed by atoms with Gasteiger partial charge in [0.2, 0.25) is 5.91 Å². The third kappa shape index (κ3) is 5.28. The van der Waals surface area contributed by atoms with Crippen LogP contribution in [0.4, 0.5) is 30.4 Å². The zero-order chi connectivity index (χ0) is 22.6. The Labute approximate surface area is 181 Å². The van der Waals surface area contributed by atoms with E-state index >= 15 is 0 Å². The van der Waals surface area contributed by atoms with Crippen LogP contribution in [-0.4, -0.2) is 25.4 Å². The Hall–Kier alpha value is -4.21. The number of rotatable bonds is 6. The monoisotopic (exact) mass is 438 g/mol. The Bertz CT molecular complexity index is 1210. The maximum absolute atomic E-state index is 12.8. The van der Waals surface area contributed by atoms with Crippen molar-refractivity contribution in [3.63, 3.8) is 0 Å². The summed E-state index contributed by atoms with van der Waals surface area (Å²) in [6.07, 6.45) is 1.86. The number of nitrogens with one attached hydrogen (secondary N) is 2. The molecule has 7 nitrogen and oxygen atoms in total. The number of aromatic nitrogens is 4. The summed E-state index contributed by atoms with van der Waals surface area (Å²) < 4.78 is 40.2. The summed E-state index contributed by atoms with van der Waals surface area (Å²) in [6.45, 7) is 0. The van der Waals surface area contributed by atoms with E-state index in [0.29, 0.717) is 17.3 Å². The largest absolute Gasteiger partial charge is 0.416 e. The van der Waals surface area contributed by atoms with E-state index in [1.54, 1.807) is 53.6 Å². The highest BCUT2D eigenvalue weighted by Gasteiger charge is 2.30. The van der Waals surface area contributed by atoms with Crippen molar-refractivity contribution in [3.05, 3.63) is 90.8 Å². The van der Waals surface area contributed by atoms with E-state index in [0.717, 1.165) is 17.8 Å². The van der Waals surface area contributed by atoms with Gasteiger partial charge in [-0.2, -0.15) is 13.2 Å². The molecule has 0 saturated carbocycles. The molecule has 2 N–H and O–H groups in total. The Kier molecular flexibility index (Phi) is 5.84. The summed E-state index contributed by atoms with van der Waals surface area (Å²) in [5.41, 5.74) is 0.762. The SMILES string of the molecule is O=C(Cc1cccc(C(F)(F)F)c1)Nc1ccc(Nc2cc(-n3ccnc3)ncn2)cc1. The number of benzene rings is 2. The van der Waals surface area contributed by atoms with Gasteiger partial charge >= 0.3 is 6.18 Å². The number of hydrogen-bond donors (Lipinski definition) is 2. The van der Waals surface area contributed by atoms with Crippen molar-refractivity contribution in [2.45, 2.75) is 12.6 Å². The molecule has 0 spiro atoms. The van der Waals surface area contributed by atoms with Gasteiger partial charge in [0.25, 0.3) is 0 Å². The minimum absolute atomic E-state index is 0.165. The molecule has 162 valence electrons. The Morgan fingerprint density at radius 3 is 2.50 bits per heavy atom. The van der Waals surface area contributed by atoms with Gasteiger partial charge in [0.05, 0.1) is 12.0 Å². The second kappa shape index (κ2) is 8.88. The number of nitrogens with zero attached hydrogens (tertiary/aromatic N) is 4. The van der Waals surface area contributed by atoms with E-state index in [-0.39, 0.29) is 12.0 Å². The number of imidazole rings is 1. The summed E-state index contributed by atoms with van der Waals surface area (Å²) in [6, 6.07) is 13.4. The van der Waals surface area contributed by atoms with Crippen LogP contribution in [0, 0.1) is 0 Å². The molecule has 1 amide bonds. The quantitative estimate of drug-likeness (QED) is 0.459. The summed E-state index contributed by atoms with van der Waals surface area (Å²) in [5, 5.41) is 5.83. The van der Waals surface area contributed by atoms with Crippen molar-refractivity contribution in [1.82, 2.24) is 19.5 Å². The lowest BCUT2D eigenvalue weighted by atomic mass is 10.1. The Morgan fingerprint density at radius 1 is 1.00 bits per heavy atom. The van der Waals surface area contributed by atoms with Gasteiger partial charge in [0.1, 0.15) is 24.3 Å². The van der Waals surface area contributed by atoms with E-state index in [2.05, 4.69) is 25.6 Å². The standard InChI is InChI=1S/C22H17F3N6O/c23-22(24,25)16-3-1-2-15(10-16)11-21(32)30-18-6-4-17(5-7-18)29-19-12-20(28-13-27-19)31-9-8-26-14-31/h1-10,12-14H,11H2,(H,30,32)(H,27,28,29). The fraction of sp³-hybridized carbons (Fsp3) is 0.0909. The predicted molar refractivity (Wildman–Crippen MR) is 113 cm³/mol. The highest BCUT2D eigenvalue weighted by Crippen LogP contribution is 2.29. The van der Waals surface area contributed by atoms with Gasteiger partial charge in [0, 0.05) is 29.8 Å². The van der Waals surface area contributed by atoms with Crippen LogP contribution in [0.2, 0.25) is 0 Å². The number of halogens is 3. The Morgan fingerprint density at radius 2 is 1.78 bits per heavy atom. The van der Waals surface area contributed by atoms with Crippen LogP contribution in [0.1, 0.15) is 11.1 Å². The lowest BCUT2D eigenvalue weighted by Crippen LogP contribution is -2.15. The van der Waals surface area contributed by atoms with Gasteiger partial charge in [-0.1, -0.05) is 18.2 Å². The molecule has 0 aliphatic carbocycles. The molecule has 0 unspecified atom stereocenters. The molecule has 0 bridgehead atoms. The summed E-state index contributed by atoms with van der Waals surface area (Å²) in [7, 11) is 0. The molecule has 0 fully saturated rings. The average molecular weight is 438 g/mol. The first-order valence-corrected chi connectivity index (χ1v) is 9.50. The predicted octanol–water partition coefficient (Wildman–Crippen LogP) is 4.61. The molecule has 2 aromatic heterocycles. The van der Waals surface area contributed by atoms with Crippen LogP contribution < -0.4 is 10.6 Å². The molecule has 0 radical (unpaired) electrons. The summed E-state index contributed by atoms with van der Waals surface area (Å²) in [4.78, 5) is 24.6. The van der Waals surface area contributed by atoms with Crippen LogP contribution in [0.3, 0.4) is 0 Å². The van der Waals surface area contributed by atoms with Crippen molar-refractivity contribution >= 4 is 23.1 Å². The van der Waals surface area contributed by atoms with Crippen molar-refractivity contribution in [2.24, 2.45) is 0 Å². The van der Waals surface area contributed by atoms with Crippen LogP contribution in [0.25, 0.3) is 5.82 Å². The fourth-order valence-corrected chi connectivity index (χ4v) is 2.98. The minimum Gasteiger partial charge on any atom is -0.340 e. The van der Waals surface area contributed by atoms with Crippen LogP contribution in [-0.2, 0) is 17.4 Å². The van der Waals surface area contributed by atoms with E-state index in [1.165, 1.54) is 18.5 Å². The van der Waals surface area contributed by atoms with Gasteiger partial charge < -0.3 is 10.6 Å². The zero-order valence-corrected chi connectivity index (χ0v) is 16.5. The van der Waals surface area contributed by atoms with Crippen molar-refractivity contribution in [1.29, 1.82) is 0 Å². The highest BCUT2D eigenvalue weighted by atomic mass is 19.4. The highest BCUT2D eigenvalue weighted by molar-refractivity contribution is 5.92. The van der Waals surface area contributed by atoms with Crippen LogP contribution in [0.15, 0.2) is 79.6 Å². The van der Waals surface area contributed by atoms with E-state index in [4.69, 9.17) is 0 Å². The molecule has 0 aliphatic heterocycles. The van der Waals surface area contributed by atoms with E-state index in [9.17, 15) is 18.0 Å². The smallest absolute Gasteiger partial charge is 0.340 e. The normalized spacial score (nSPS) is 11.2. The number of amides is 1. The van der Waals surface area contributed by atoms with E-state index in [1.807, 2.05) is 0 Å². The summed E-state index contributed by atoms with van der Waals surface area (Å²) >= 11 is 0. The molecule has 4 aromatic rings. The third-order valence-electron chi connectivity index (χ3n) is 4.48. The Balaban J connectivity index is 1.37. The van der Waals surface area contributed by atoms with Gasteiger partial charge in [0.15, 0.2) is 0 Å². The van der Waals surface area contributed by atoms with Crippen molar-refractivity contribution < 1.29 is 18.0 Å². The molecule has 32 heavy (non-hydrogen) atoms. The molecule has 0 atom stereocenters. The number of hydrogen-bond acceptors (Lipinski definition) is 5. The minimum atomic E-state index is -4.45. The second-order valence-electron chi connectivity index (χ2n) is 6.86. The van der Waals surface area contributed by atoms with Gasteiger partial charge in [-0.25, -0.2) is 15.0 Å². The maximum atomic E-state index is 12.8. The molecular formula is C22H17F3N6O. The lowest BCUT2D eigenvalue weighted by molar-refractivity contribution is -0.137. The topological polar surface area (TPSA) is 84.7 Å². The van der Waals surface area contributed by atoms with Crippen molar-refractivity contribution in [3.8, 4) is 5.82 Å². The van der Waals surface area contributed by atoms with Crippen molar-refractivity contribution in [2.75, 3.05) is 10.6 Å². The number of alkyl halides is 3. The maximum Gasteiger partial charge on any atom is 0.416 e. The zero-order valence-electron chi connectivity index (χ0n) is 16.5. The molecule has 2 aromatic carbocycles. The van der Waals surface area contributed by atoms with Gasteiger partial charge in [-0.3, -0.25) is 9.36 Å². The van der Waals surface area contributed by atoms with E-state index < -0.39 is 17.6 Å². The van der Waals surface area contributed by atoms with Gasteiger partial charge in [-0.05, 0) is 35.9 Å². The first-order valence-electron chi connectivity index (χ1n) is 9.50. The molecule has 4 rings (SSSR count). The number of carbonyl (C=O) groups excluding carboxylic acids is 1. The molecule has 10 heteroatoms. The average Bonchev–Trinajstić information content (AvgIpc) is 3.30. The first kappa shape index (κ1) is 21.0.